The van der Waals surface area contributed by atoms with Crippen LogP contribution in [0.3, 0.4) is 0 Å². The molecule has 2 saturated heterocycles. The Morgan fingerprint density at radius 1 is 1.36 bits per heavy atom. The molecule has 3 heteroatoms. The van der Waals surface area contributed by atoms with Gasteiger partial charge in [-0.2, -0.15) is 0 Å². The van der Waals surface area contributed by atoms with Crippen LogP contribution in [0.25, 0.3) is 0 Å². The summed E-state index contributed by atoms with van der Waals surface area (Å²) in [7, 11) is 0. The summed E-state index contributed by atoms with van der Waals surface area (Å²) in [5.74, 6) is 0. The molecule has 2 N–H and O–H groups in total. The van der Waals surface area contributed by atoms with Gasteiger partial charge in [0.1, 0.15) is 0 Å². The first kappa shape index (κ1) is 10.4. The van der Waals surface area contributed by atoms with Crippen LogP contribution < -0.4 is 5.73 Å². The second-order valence-electron chi connectivity index (χ2n) is 4.81. The minimum atomic E-state index is 0.391. The van der Waals surface area contributed by atoms with Crippen LogP contribution in [0.5, 0.6) is 0 Å². The van der Waals surface area contributed by atoms with Crippen molar-refractivity contribution in [3.8, 4) is 0 Å². The van der Waals surface area contributed by atoms with Gasteiger partial charge in [0.15, 0.2) is 0 Å². The van der Waals surface area contributed by atoms with Crippen LogP contribution in [0.4, 0.5) is 0 Å². The molecule has 3 atom stereocenters. The summed E-state index contributed by atoms with van der Waals surface area (Å²) in [4.78, 5) is 2.47. The van der Waals surface area contributed by atoms with Crippen LogP contribution in [0.1, 0.15) is 32.6 Å². The fraction of sp³-hybridized carbons (Fsp3) is 1.00. The molecule has 2 fully saturated rings. The molecular weight excluding hydrogens is 176 g/mol. The van der Waals surface area contributed by atoms with Gasteiger partial charge in [0.2, 0.25) is 0 Å². The minimum Gasteiger partial charge on any atom is -0.374 e. The Morgan fingerprint density at radius 2 is 2.21 bits per heavy atom. The van der Waals surface area contributed by atoms with E-state index in [-0.39, 0.29) is 0 Å². The lowest BCUT2D eigenvalue weighted by atomic mass is 10.1. The third-order valence-electron chi connectivity index (χ3n) is 3.32. The van der Waals surface area contributed by atoms with Crippen LogP contribution in [-0.4, -0.2) is 42.8 Å². The maximum absolute atomic E-state index is 5.94. The van der Waals surface area contributed by atoms with Gasteiger partial charge in [-0.05, 0) is 39.2 Å². The fourth-order valence-electron chi connectivity index (χ4n) is 2.56. The second-order valence-corrected chi connectivity index (χ2v) is 4.81. The van der Waals surface area contributed by atoms with E-state index in [9.17, 15) is 0 Å². The number of nitrogens with zero attached hydrogens (tertiary/aromatic N) is 1. The molecule has 0 amide bonds. The van der Waals surface area contributed by atoms with Crippen molar-refractivity contribution in [1.29, 1.82) is 0 Å². The molecule has 2 rings (SSSR count). The summed E-state index contributed by atoms with van der Waals surface area (Å²) in [5.41, 5.74) is 5.94. The molecule has 0 radical (unpaired) electrons. The quantitative estimate of drug-likeness (QED) is 0.719. The van der Waals surface area contributed by atoms with Crippen molar-refractivity contribution in [3.05, 3.63) is 0 Å². The number of hydrogen-bond donors (Lipinski definition) is 1. The van der Waals surface area contributed by atoms with Crippen LogP contribution >= 0.6 is 0 Å². The Labute approximate surface area is 86.6 Å². The second kappa shape index (κ2) is 4.60. The van der Waals surface area contributed by atoms with Gasteiger partial charge in [-0.1, -0.05) is 0 Å². The van der Waals surface area contributed by atoms with Gasteiger partial charge in [-0.25, -0.2) is 0 Å². The highest BCUT2D eigenvalue weighted by molar-refractivity contribution is 4.79. The van der Waals surface area contributed by atoms with Crippen LogP contribution in [-0.2, 0) is 4.74 Å². The molecule has 0 saturated carbocycles. The van der Waals surface area contributed by atoms with E-state index in [0.29, 0.717) is 18.2 Å². The van der Waals surface area contributed by atoms with Gasteiger partial charge < -0.3 is 10.5 Å². The summed E-state index contributed by atoms with van der Waals surface area (Å²) >= 11 is 0. The number of ether oxygens (including phenoxy) is 1. The SMILES string of the molecule is CC1CCC(CN2CCCC(N)C2)O1. The normalized spacial score (nSPS) is 40.3. The molecule has 0 spiro atoms. The highest BCUT2D eigenvalue weighted by Crippen LogP contribution is 2.21. The maximum Gasteiger partial charge on any atom is 0.0706 e. The van der Waals surface area contributed by atoms with Crippen molar-refractivity contribution in [1.82, 2.24) is 4.90 Å². The Kier molecular flexibility index (Phi) is 3.42. The summed E-state index contributed by atoms with van der Waals surface area (Å²) in [6, 6.07) is 0.391. The van der Waals surface area contributed by atoms with E-state index in [0.717, 1.165) is 13.1 Å². The minimum absolute atomic E-state index is 0.391. The fourth-order valence-corrected chi connectivity index (χ4v) is 2.56. The summed E-state index contributed by atoms with van der Waals surface area (Å²) in [5, 5.41) is 0. The molecule has 0 aromatic heterocycles. The number of likely N-dealkylation sites (tertiary alicyclic amines) is 1. The molecular formula is C11H22N2O. The lowest BCUT2D eigenvalue weighted by Crippen LogP contribution is -2.45. The lowest BCUT2D eigenvalue weighted by Gasteiger charge is -2.32. The van der Waals surface area contributed by atoms with Crippen LogP contribution in [0.2, 0.25) is 0 Å². The molecule has 0 bridgehead atoms. The van der Waals surface area contributed by atoms with Crippen molar-refractivity contribution < 1.29 is 4.74 Å². The molecule has 3 unspecified atom stereocenters. The maximum atomic E-state index is 5.94. The smallest absolute Gasteiger partial charge is 0.0706 e. The van der Waals surface area contributed by atoms with Crippen molar-refractivity contribution in [3.63, 3.8) is 0 Å². The molecule has 2 aliphatic heterocycles. The third-order valence-corrected chi connectivity index (χ3v) is 3.32. The monoisotopic (exact) mass is 198 g/mol. The van der Waals surface area contributed by atoms with Crippen LogP contribution in [0, 0.1) is 0 Å². The summed E-state index contributed by atoms with van der Waals surface area (Å²) in [6.45, 7) is 5.54. The van der Waals surface area contributed by atoms with E-state index < -0.39 is 0 Å². The zero-order valence-electron chi connectivity index (χ0n) is 9.11. The molecule has 0 aromatic rings. The topological polar surface area (TPSA) is 38.5 Å². The van der Waals surface area contributed by atoms with Gasteiger partial charge >= 0.3 is 0 Å². The number of nitrogens with two attached hydrogens (primary N) is 1. The highest BCUT2D eigenvalue weighted by atomic mass is 16.5. The Bertz CT molecular complexity index is 186. The molecule has 0 aromatic carbocycles. The zero-order chi connectivity index (χ0) is 9.97. The molecule has 82 valence electrons. The lowest BCUT2D eigenvalue weighted by molar-refractivity contribution is 0.0260. The molecule has 3 nitrogen and oxygen atoms in total. The van der Waals surface area contributed by atoms with E-state index >= 15 is 0 Å². The Balaban J connectivity index is 1.74. The number of piperidine rings is 1. The summed E-state index contributed by atoms with van der Waals surface area (Å²) < 4.78 is 5.82. The first-order chi connectivity index (χ1) is 6.74. The average molecular weight is 198 g/mol. The third kappa shape index (κ3) is 2.69. The average Bonchev–Trinajstić information content (AvgIpc) is 2.51. The Morgan fingerprint density at radius 3 is 2.86 bits per heavy atom. The van der Waals surface area contributed by atoms with Crippen molar-refractivity contribution >= 4 is 0 Å². The molecule has 2 aliphatic rings. The molecule has 0 aliphatic carbocycles. The standard InChI is InChI=1S/C11H22N2O/c1-9-4-5-11(14-9)8-13-6-2-3-10(12)7-13/h9-11H,2-8,12H2,1H3. The molecule has 2 heterocycles. The van der Waals surface area contributed by atoms with E-state index in [1.165, 1.54) is 32.2 Å². The van der Waals surface area contributed by atoms with Gasteiger partial charge in [-0.15, -0.1) is 0 Å². The van der Waals surface area contributed by atoms with Gasteiger partial charge in [0, 0.05) is 19.1 Å². The largest absolute Gasteiger partial charge is 0.374 e. The highest BCUT2D eigenvalue weighted by Gasteiger charge is 2.25. The number of hydrogen-bond acceptors (Lipinski definition) is 3. The Hall–Kier alpha value is -0.120. The van der Waals surface area contributed by atoms with Gasteiger partial charge in [-0.3, -0.25) is 4.90 Å². The number of rotatable bonds is 2. The van der Waals surface area contributed by atoms with Crippen molar-refractivity contribution in [2.75, 3.05) is 19.6 Å². The van der Waals surface area contributed by atoms with Gasteiger partial charge in [0.25, 0.3) is 0 Å². The predicted molar refractivity (Wildman–Crippen MR) is 57.2 cm³/mol. The first-order valence-corrected chi connectivity index (χ1v) is 5.87. The zero-order valence-corrected chi connectivity index (χ0v) is 9.11. The van der Waals surface area contributed by atoms with E-state index in [1.54, 1.807) is 0 Å². The van der Waals surface area contributed by atoms with E-state index in [1.807, 2.05) is 0 Å². The molecule has 14 heavy (non-hydrogen) atoms. The van der Waals surface area contributed by atoms with Crippen molar-refractivity contribution in [2.24, 2.45) is 5.73 Å². The first-order valence-electron chi connectivity index (χ1n) is 5.87. The van der Waals surface area contributed by atoms with E-state index in [4.69, 9.17) is 10.5 Å². The van der Waals surface area contributed by atoms with Crippen molar-refractivity contribution in [2.45, 2.75) is 50.9 Å². The summed E-state index contributed by atoms with van der Waals surface area (Å²) in [6.07, 6.45) is 5.84. The van der Waals surface area contributed by atoms with Gasteiger partial charge in [0.05, 0.1) is 12.2 Å². The van der Waals surface area contributed by atoms with E-state index in [2.05, 4.69) is 11.8 Å². The predicted octanol–water partition coefficient (Wildman–Crippen LogP) is 0.977. The van der Waals surface area contributed by atoms with Crippen LogP contribution in [0.15, 0.2) is 0 Å².